The maximum atomic E-state index is 12.5. The summed E-state index contributed by atoms with van der Waals surface area (Å²) in [6.45, 7) is 2.82. The van der Waals surface area contributed by atoms with Crippen LogP contribution in [0.25, 0.3) is 0 Å². The number of likely N-dealkylation sites (N-methyl/N-ethyl adjacent to an activating group) is 1. The summed E-state index contributed by atoms with van der Waals surface area (Å²) in [6.07, 6.45) is 0. The van der Waals surface area contributed by atoms with E-state index in [0.29, 0.717) is 18.9 Å². The van der Waals surface area contributed by atoms with Crippen LogP contribution < -0.4 is 16.0 Å². The lowest BCUT2D eigenvalue weighted by Crippen LogP contribution is -2.36. The molecule has 10 nitrogen and oxygen atoms in total. The van der Waals surface area contributed by atoms with Crippen molar-refractivity contribution in [1.82, 2.24) is 4.90 Å². The normalized spacial score (nSPS) is 13.6. The summed E-state index contributed by atoms with van der Waals surface area (Å²) in [7, 11) is 1.45. The smallest absolute Gasteiger partial charge is 0.292 e. The Bertz CT molecular complexity index is 941. The first-order chi connectivity index (χ1) is 14.3. The number of nitro benzene ring substituents is 1. The molecule has 0 atom stereocenters. The zero-order chi connectivity index (χ0) is 21.7. The monoisotopic (exact) mass is 413 g/mol. The molecule has 0 unspecified atom stereocenters. The van der Waals surface area contributed by atoms with E-state index in [-0.39, 0.29) is 29.4 Å². The molecular formula is C20H23N5O5. The molecule has 1 heterocycles. The van der Waals surface area contributed by atoms with Gasteiger partial charge >= 0.3 is 0 Å². The fraction of sp³-hybridized carbons (Fsp3) is 0.300. The van der Waals surface area contributed by atoms with Crippen LogP contribution in [0.1, 0.15) is 10.4 Å². The van der Waals surface area contributed by atoms with Gasteiger partial charge in [0.05, 0.1) is 24.7 Å². The molecule has 2 amide bonds. The minimum Gasteiger partial charge on any atom is -0.393 e. The van der Waals surface area contributed by atoms with Crippen molar-refractivity contribution < 1.29 is 19.2 Å². The molecule has 2 aromatic rings. The first kappa shape index (κ1) is 21.1. The molecule has 0 saturated carbocycles. The van der Waals surface area contributed by atoms with Gasteiger partial charge in [-0.15, -0.1) is 0 Å². The van der Waals surface area contributed by atoms with Gasteiger partial charge in [0, 0.05) is 43.1 Å². The van der Waals surface area contributed by atoms with Gasteiger partial charge in [-0.25, -0.2) is 0 Å². The van der Waals surface area contributed by atoms with Gasteiger partial charge in [0.15, 0.2) is 0 Å². The molecule has 1 saturated heterocycles. The SMILES string of the molecule is CN(CC(=O)Nc1ccc(N2CCOCC2)cc1)C(=O)c1ccc(N)c([N+](=O)[O-])c1. The lowest BCUT2D eigenvalue weighted by molar-refractivity contribution is -0.383. The number of rotatable bonds is 6. The number of anilines is 3. The second-order valence-corrected chi connectivity index (χ2v) is 6.89. The van der Waals surface area contributed by atoms with Gasteiger partial charge < -0.3 is 25.6 Å². The van der Waals surface area contributed by atoms with Crippen molar-refractivity contribution in [2.24, 2.45) is 0 Å². The molecule has 0 bridgehead atoms. The average Bonchev–Trinajstić information content (AvgIpc) is 2.74. The van der Waals surface area contributed by atoms with Crippen molar-refractivity contribution in [1.29, 1.82) is 0 Å². The summed E-state index contributed by atoms with van der Waals surface area (Å²) in [5, 5.41) is 13.7. The number of hydrogen-bond donors (Lipinski definition) is 2. The van der Waals surface area contributed by atoms with E-state index >= 15 is 0 Å². The average molecular weight is 413 g/mol. The molecule has 0 aliphatic carbocycles. The molecule has 10 heteroatoms. The van der Waals surface area contributed by atoms with E-state index in [4.69, 9.17) is 10.5 Å². The van der Waals surface area contributed by atoms with Gasteiger partial charge in [-0.05, 0) is 36.4 Å². The number of amides is 2. The molecule has 0 spiro atoms. The third-order valence-corrected chi connectivity index (χ3v) is 4.73. The Morgan fingerprint density at radius 1 is 1.20 bits per heavy atom. The number of ether oxygens (including phenoxy) is 1. The topological polar surface area (TPSA) is 131 Å². The molecule has 30 heavy (non-hydrogen) atoms. The van der Waals surface area contributed by atoms with Crippen molar-refractivity contribution >= 4 is 34.6 Å². The first-order valence-electron chi connectivity index (χ1n) is 9.37. The Kier molecular flexibility index (Phi) is 6.48. The summed E-state index contributed by atoms with van der Waals surface area (Å²) >= 11 is 0. The highest BCUT2D eigenvalue weighted by Gasteiger charge is 2.20. The van der Waals surface area contributed by atoms with Gasteiger partial charge in [0.1, 0.15) is 5.69 Å². The lowest BCUT2D eigenvalue weighted by Gasteiger charge is -2.28. The van der Waals surface area contributed by atoms with Crippen LogP contribution >= 0.6 is 0 Å². The number of morpholine rings is 1. The molecule has 1 aliphatic rings. The van der Waals surface area contributed by atoms with Crippen LogP contribution in [-0.2, 0) is 9.53 Å². The maximum absolute atomic E-state index is 12.5. The maximum Gasteiger partial charge on any atom is 0.292 e. The molecule has 3 rings (SSSR count). The Morgan fingerprint density at radius 2 is 1.87 bits per heavy atom. The minimum atomic E-state index is -0.653. The van der Waals surface area contributed by atoms with Gasteiger partial charge in [0.25, 0.3) is 11.6 Å². The summed E-state index contributed by atoms with van der Waals surface area (Å²) in [4.78, 5) is 38.6. The zero-order valence-electron chi connectivity index (χ0n) is 16.5. The second kappa shape index (κ2) is 9.23. The van der Waals surface area contributed by atoms with Gasteiger partial charge in [0.2, 0.25) is 5.91 Å². The number of nitrogens with two attached hydrogens (primary N) is 1. The zero-order valence-corrected chi connectivity index (χ0v) is 16.5. The largest absolute Gasteiger partial charge is 0.393 e. The molecular weight excluding hydrogens is 390 g/mol. The Balaban J connectivity index is 1.58. The number of hydrogen-bond acceptors (Lipinski definition) is 7. The molecule has 1 aliphatic heterocycles. The van der Waals surface area contributed by atoms with E-state index in [9.17, 15) is 19.7 Å². The molecule has 0 aromatic heterocycles. The highest BCUT2D eigenvalue weighted by molar-refractivity contribution is 6.00. The highest BCUT2D eigenvalue weighted by Crippen LogP contribution is 2.23. The van der Waals surface area contributed by atoms with Crippen LogP contribution in [0.2, 0.25) is 0 Å². The van der Waals surface area contributed by atoms with Crippen molar-refractivity contribution in [3.05, 3.63) is 58.1 Å². The van der Waals surface area contributed by atoms with Gasteiger partial charge in [-0.1, -0.05) is 0 Å². The highest BCUT2D eigenvalue weighted by atomic mass is 16.6. The standard InChI is InChI=1S/C20H23N5O5/c1-23(20(27)14-2-7-17(21)18(12-14)25(28)29)13-19(26)22-15-3-5-16(6-4-15)24-8-10-30-11-9-24/h2-7,12H,8-11,13,21H2,1H3,(H,22,26). The number of nitrogens with one attached hydrogen (secondary N) is 1. The predicted molar refractivity (Wildman–Crippen MR) is 113 cm³/mol. The number of nitrogens with zero attached hydrogens (tertiary/aromatic N) is 3. The third-order valence-electron chi connectivity index (χ3n) is 4.73. The summed E-state index contributed by atoms with van der Waals surface area (Å²) in [6, 6.07) is 11.2. The van der Waals surface area contributed by atoms with Crippen LogP contribution in [0.4, 0.5) is 22.7 Å². The van der Waals surface area contributed by atoms with Crippen LogP contribution in [0.5, 0.6) is 0 Å². The predicted octanol–water partition coefficient (Wildman–Crippen LogP) is 1.72. The van der Waals surface area contributed by atoms with Crippen molar-refractivity contribution in [3.63, 3.8) is 0 Å². The summed E-state index contributed by atoms with van der Waals surface area (Å²) in [5.41, 5.74) is 6.92. The number of carbonyl (C=O) groups excluding carboxylic acids is 2. The Morgan fingerprint density at radius 3 is 2.50 bits per heavy atom. The molecule has 0 radical (unpaired) electrons. The number of nitrogen functional groups attached to an aromatic ring is 1. The first-order valence-corrected chi connectivity index (χ1v) is 9.37. The Hall–Kier alpha value is -3.66. The van der Waals surface area contributed by atoms with Crippen molar-refractivity contribution in [2.75, 3.05) is 55.8 Å². The van der Waals surface area contributed by atoms with Crippen LogP contribution in [0, 0.1) is 10.1 Å². The van der Waals surface area contributed by atoms with E-state index in [2.05, 4.69) is 10.2 Å². The summed E-state index contributed by atoms with van der Waals surface area (Å²) < 4.78 is 5.34. The second-order valence-electron chi connectivity index (χ2n) is 6.89. The molecule has 2 aromatic carbocycles. The molecule has 158 valence electrons. The quantitative estimate of drug-likeness (QED) is 0.419. The van der Waals surface area contributed by atoms with E-state index in [1.807, 2.05) is 12.1 Å². The van der Waals surface area contributed by atoms with Crippen molar-refractivity contribution in [3.8, 4) is 0 Å². The van der Waals surface area contributed by atoms with Gasteiger partial charge in [-0.3, -0.25) is 19.7 Å². The van der Waals surface area contributed by atoms with E-state index in [0.717, 1.165) is 24.8 Å². The van der Waals surface area contributed by atoms with Gasteiger partial charge in [-0.2, -0.15) is 0 Å². The van der Waals surface area contributed by atoms with Crippen LogP contribution in [0.3, 0.4) is 0 Å². The van der Waals surface area contributed by atoms with Crippen molar-refractivity contribution in [2.45, 2.75) is 0 Å². The van der Waals surface area contributed by atoms with Crippen LogP contribution in [0.15, 0.2) is 42.5 Å². The summed E-state index contributed by atoms with van der Waals surface area (Å²) in [5.74, 6) is -0.897. The number of benzene rings is 2. The number of nitro groups is 1. The number of carbonyl (C=O) groups is 2. The third kappa shape index (κ3) is 5.03. The van der Waals surface area contributed by atoms with Crippen LogP contribution in [-0.4, -0.2) is 61.5 Å². The fourth-order valence-electron chi connectivity index (χ4n) is 3.12. The molecule has 1 fully saturated rings. The molecule has 3 N–H and O–H groups in total. The minimum absolute atomic E-state index is 0.0301. The lowest BCUT2D eigenvalue weighted by atomic mass is 10.1. The van der Waals surface area contributed by atoms with E-state index in [1.165, 1.54) is 24.1 Å². The Labute approximate surface area is 173 Å². The van der Waals surface area contributed by atoms with E-state index in [1.54, 1.807) is 12.1 Å². The van der Waals surface area contributed by atoms with E-state index < -0.39 is 10.8 Å². The fourth-order valence-corrected chi connectivity index (χ4v) is 3.12.